The number of rotatable bonds is 45. The van der Waals surface area contributed by atoms with Crippen molar-refractivity contribution in [3.63, 3.8) is 0 Å². The van der Waals surface area contributed by atoms with E-state index in [4.69, 9.17) is 24.3 Å². The Morgan fingerprint density at radius 3 is 1.27 bits per heavy atom. The van der Waals surface area contributed by atoms with Crippen molar-refractivity contribution < 1.29 is 37.6 Å². The van der Waals surface area contributed by atoms with E-state index < -0.39 is 26.5 Å². The number of hydrogen-bond acceptors (Lipinski definition) is 8. The molecule has 0 saturated heterocycles. The number of phosphoric acid groups is 1. The van der Waals surface area contributed by atoms with Crippen molar-refractivity contribution in [2.45, 2.75) is 245 Å². The van der Waals surface area contributed by atoms with Crippen LogP contribution in [0.3, 0.4) is 0 Å². The number of carbonyl (C=O) groups is 2. The number of carbonyl (C=O) groups excluding carboxylic acids is 2. The van der Waals surface area contributed by atoms with E-state index in [2.05, 4.69) is 26.0 Å². The highest BCUT2D eigenvalue weighted by Gasteiger charge is 2.26. The molecule has 10 heteroatoms. The summed E-state index contributed by atoms with van der Waals surface area (Å²) >= 11 is 0. The molecule has 0 aliphatic heterocycles. The van der Waals surface area contributed by atoms with Gasteiger partial charge >= 0.3 is 19.8 Å². The van der Waals surface area contributed by atoms with Crippen molar-refractivity contribution >= 4 is 19.8 Å². The van der Waals surface area contributed by atoms with E-state index in [-0.39, 0.29) is 38.6 Å². The first-order chi connectivity index (χ1) is 27.3. The SMILES string of the molecule is CCCCCCCCCC/C=C\CCCCCCCCCC(=O)OC[C@H](COP(=O)(O)OCCN)OC(=O)CCCCCCCCCCCCCCCCCC. The van der Waals surface area contributed by atoms with Crippen LogP contribution in [0.4, 0.5) is 0 Å². The van der Waals surface area contributed by atoms with Crippen molar-refractivity contribution in [3.8, 4) is 0 Å². The molecule has 0 aromatic heterocycles. The molecule has 0 heterocycles. The maximum Gasteiger partial charge on any atom is 0.472 e. The lowest BCUT2D eigenvalue weighted by molar-refractivity contribution is -0.161. The van der Waals surface area contributed by atoms with Crippen LogP contribution in [0.1, 0.15) is 239 Å². The highest BCUT2D eigenvalue weighted by atomic mass is 31.2. The number of hydrogen-bond donors (Lipinski definition) is 2. The Bertz CT molecular complexity index is 933. The smallest absolute Gasteiger partial charge is 0.462 e. The summed E-state index contributed by atoms with van der Waals surface area (Å²) in [5.41, 5.74) is 5.36. The Morgan fingerprint density at radius 1 is 0.518 bits per heavy atom. The Hall–Kier alpha value is -1.25. The lowest BCUT2D eigenvalue weighted by Crippen LogP contribution is -2.29. The van der Waals surface area contributed by atoms with Crippen molar-refractivity contribution in [1.29, 1.82) is 0 Å². The lowest BCUT2D eigenvalue weighted by Gasteiger charge is -2.19. The van der Waals surface area contributed by atoms with Crippen LogP contribution in [0.2, 0.25) is 0 Å². The molecule has 0 saturated carbocycles. The molecule has 0 radical (unpaired) electrons. The van der Waals surface area contributed by atoms with Gasteiger partial charge in [-0.2, -0.15) is 0 Å². The second-order valence-electron chi connectivity index (χ2n) is 16.0. The predicted molar refractivity (Wildman–Crippen MR) is 234 cm³/mol. The topological polar surface area (TPSA) is 134 Å². The van der Waals surface area contributed by atoms with Crippen LogP contribution in [-0.4, -0.2) is 49.3 Å². The van der Waals surface area contributed by atoms with E-state index in [0.29, 0.717) is 6.42 Å². The molecular formula is C46H90NO8P. The fourth-order valence-electron chi connectivity index (χ4n) is 6.87. The summed E-state index contributed by atoms with van der Waals surface area (Å²) in [6.07, 6.45) is 45.2. The minimum absolute atomic E-state index is 0.0559. The third-order valence-electron chi connectivity index (χ3n) is 10.4. The molecule has 0 amide bonds. The minimum Gasteiger partial charge on any atom is -0.462 e. The van der Waals surface area contributed by atoms with E-state index in [9.17, 15) is 19.0 Å². The van der Waals surface area contributed by atoms with Crippen molar-refractivity contribution in [3.05, 3.63) is 12.2 Å². The van der Waals surface area contributed by atoms with Gasteiger partial charge in [-0.1, -0.05) is 199 Å². The zero-order valence-electron chi connectivity index (χ0n) is 36.6. The van der Waals surface area contributed by atoms with Crippen LogP contribution >= 0.6 is 7.82 Å². The van der Waals surface area contributed by atoms with Gasteiger partial charge in [0.15, 0.2) is 6.10 Å². The average Bonchev–Trinajstić information content (AvgIpc) is 3.18. The van der Waals surface area contributed by atoms with Crippen LogP contribution in [0.5, 0.6) is 0 Å². The van der Waals surface area contributed by atoms with Gasteiger partial charge in [0.1, 0.15) is 6.61 Å². The third kappa shape index (κ3) is 42.4. The van der Waals surface area contributed by atoms with Gasteiger partial charge in [0, 0.05) is 19.4 Å². The normalized spacial score (nSPS) is 13.3. The maximum atomic E-state index is 12.6. The summed E-state index contributed by atoms with van der Waals surface area (Å²) in [6.45, 7) is 3.77. The summed E-state index contributed by atoms with van der Waals surface area (Å²) in [7, 11) is -4.37. The Morgan fingerprint density at radius 2 is 0.875 bits per heavy atom. The molecule has 9 nitrogen and oxygen atoms in total. The summed E-state index contributed by atoms with van der Waals surface area (Å²) in [5, 5.41) is 0. The van der Waals surface area contributed by atoms with Gasteiger partial charge in [-0.15, -0.1) is 0 Å². The fraction of sp³-hybridized carbons (Fsp3) is 0.913. The molecule has 0 aliphatic carbocycles. The molecule has 0 rings (SSSR count). The van der Waals surface area contributed by atoms with Gasteiger partial charge in [-0.3, -0.25) is 18.6 Å². The van der Waals surface area contributed by atoms with Crippen LogP contribution in [0.15, 0.2) is 12.2 Å². The molecule has 56 heavy (non-hydrogen) atoms. The molecule has 0 spiro atoms. The van der Waals surface area contributed by atoms with E-state index >= 15 is 0 Å². The van der Waals surface area contributed by atoms with Crippen LogP contribution < -0.4 is 5.73 Å². The molecule has 3 N–H and O–H groups in total. The Balaban J connectivity index is 4.07. The largest absolute Gasteiger partial charge is 0.472 e. The number of esters is 2. The van der Waals surface area contributed by atoms with Gasteiger partial charge in [-0.05, 0) is 38.5 Å². The summed E-state index contributed by atoms with van der Waals surface area (Å²) in [4.78, 5) is 34.9. The number of unbranched alkanes of at least 4 members (excludes halogenated alkanes) is 30. The van der Waals surface area contributed by atoms with Crippen molar-refractivity contribution in [1.82, 2.24) is 0 Å². The van der Waals surface area contributed by atoms with Gasteiger partial charge in [0.2, 0.25) is 0 Å². The van der Waals surface area contributed by atoms with Crippen LogP contribution in [-0.2, 0) is 32.7 Å². The summed E-state index contributed by atoms with van der Waals surface area (Å²) < 4.78 is 32.9. The standard InChI is InChI=1S/C46H90NO8P/c1-3-5-7-9-11-13-15-17-19-21-22-23-25-26-28-30-32-34-36-38-45(48)52-42-44(43-54-56(50,51)53-41-40-47)55-46(49)39-37-35-33-31-29-27-24-20-18-16-14-12-10-8-6-4-2/h21-22,44H,3-20,23-43,47H2,1-2H3,(H,50,51)/b22-21-/t44-/m1/s1. The minimum atomic E-state index is -4.37. The Labute approximate surface area is 345 Å². The summed E-state index contributed by atoms with van der Waals surface area (Å²) in [6, 6.07) is 0. The van der Waals surface area contributed by atoms with Gasteiger partial charge in [0.05, 0.1) is 13.2 Å². The van der Waals surface area contributed by atoms with E-state index in [1.165, 1.54) is 173 Å². The van der Waals surface area contributed by atoms with Gasteiger partial charge < -0.3 is 20.1 Å². The molecule has 0 fully saturated rings. The van der Waals surface area contributed by atoms with Crippen LogP contribution in [0, 0.1) is 0 Å². The zero-order chi connectivity index (χ0) is 41.1. The molecule has 0 aliphatic rings. The second kappa shape index (κ2) is 43.3. The third-order valence-corrected chi connectivity index (χ3v) is 11.4. The molecular weight excluding hydrogens is 725 g/mol. The van der Waals surface area contributed by atoms with E-state index in [1.54, 1.807) is 0 Å². The first-order valence-electron chi connectivity index (χ1n) is 23.7. The van der Waals surface area contributed by atoms with E-state index in [1.807, 2.05) is 0 Å². The Kier molecular flexibility index (Phi) is 42.4. The zero-order valence-corrected chi connectivity index (χ0v) is 37.5. The molecule has 0 aromatic rings. The molecule has 2 atom stereocenters. The average molecular weight is 816 g/mol. The number of phosphoric ester groups is 1. The van der Waals surface area contributed by atoms with Crippen molar-refractivity contribution in [2.24, 2.45) is 5.73 Å². The second-order valence-corrected chi connectivity index (χ2v) is 17.4. The van der Waals surface area contributed by atoms with Crippen molar-refractivity contribution in [2.75, 3.05) is 26.4 Å². The quantitative estimate of drug-likeness (QED) is 0.0266. The monoisotopic (exact) mass is 816 g/mol. The highest BCUT2D eigenvalue weighted by molar-refractivity contribution is 7.47. The molecule has 0 bridgehead atoms. The van der Waals surface area contributed by atoms with Crippen LogP contribution in [0.25, 0.3) is 0 Å². The number of nitrogens with two attached hydrogens (primary N) is 1. The molecule has 332 valence electrons. The van der Waals surface area contributed by atoms with Gasteiger partial charge in [-0.25, -0.2) is 4.57 Å². The number of ether oxygens (including phenoxy) is 2. The predicted octanol–water partition coefficient (Wildman–Crippen LogP) is 13.8. The molecule has 0 aromatic carbocycles. The summed E-state index contributed by atoms with van der Waals surface area (Å²) in [5.74, 6) is -0.820. The highest BCUT2D eigenvalue weighted by Crippen LogP contribution is 2.43. The first kappa shape index (κ1) is 54.8. The lowest BCUT2D eigenvalue weighted by atomic mass is 10.0. The molecule has 1 unspecified atom stereocenters. The van der Waals surface area contributed by atoms with Gasteiger partial charge in [0.25, 0.3) is 0 Å². The number of allylic oxidation sites excluding steroid dienone is 2. The first-order valence-corrected chi connectivity index (χ1v) is 25.2. The fourth-order valence-corrected chi connectivity index (χ4v) is 7.63. The van der Waals surface area contributed by atoms with E-state index in [0.717, 1.165) is 32.1 Å². The maximum absolute atomic E-state index is 12.6.